The summed E-state index contributed by atoms with van der Waals surface area (Å²) < 4.78 is 25.3. The Kier molecular flexibility index (Phi) is 5.83. The van der Waals surface area contributed by atoms with Gasteiger partial charge in [0, 0.05) is 24.6 Å². The molecular formula is C19H23ClFNO2. The first-order valence-electron chi connectivity index (χ1n) is 7.73. The molecule has 0 spiro atoms. The highest BCUT2D eigenvalue weighted by atomic mass is 35.5. The molecule has 0 amide bonds. The molecule has 0 saturated heterocycles. The molecular weight excluding hydrogens is 329 g/mol. The van der Waals surface area contributed by atoms with Gasteiger partial charge in [0.25, 0.3) is 0 Å². The Morgan fingerprint density at radius 2 is 1.88 bits per heavy atom. The average molecular weight is 352 g/mol. The number of benzene rings is 1. The SMILES string of the molecule is COc1cc(-c2ccc(CCl)cc2[C@H](OC)C(C)(C)C)c(F)cn1. The number of rotatable bonds is 5. The van der Waals surface area contributed by atoms with Crippen molar-refractivity contribution < 1.29 is 13.9 Å². The fraction of sp³-hybridized carbons (Fsp3) is 0.421. The van der Waals surface area contributed by atoms with Crippen LogP contribution in [-0.2, 0) is 10.6 Å². The number of nitrogens with zero attached hydrogens (tertiary/aromatic N) is 1. The Balaban J connectivity index is 2.70. The zero-order valence-corrected chi connectivity index (χ0v) is 15.4. The summed E-state index contributed by atoms with van der Waals surface area (Å²) in [6.45, 7) is 6.26. The standard InChI is InChI=1S/C19H23ClFNO2/c1-19(2,3)18(24-5)15-8-12(10-20)6-7-13(15)14-9-17(23-4)22-11-16(14)21/h6-9,11,18H,10H2,1-5H3/t18-/m0/s1. The van der Waals surface area contributed by atoms with Crippen LogP contribution >= 0.6 is 11.6 Å². The molecule has 0 bridgehead atoms. The van der Waals surface area contributed by atoms with E-state index in [1.165, 1.54) is 13.3 Å². The zero-order chi connectivity index (χ0) is 17.9. The van der Waals surface area contributed by atoms with Crippen LogP contribution in [0.3, 0.4) is 0 Å². The van der Waals surface area contributed by atoms with Crippen LogP contribution in [0.2, 0.25) is 0 Å². The first-order valence-corrected chi connectivity index (χ1v) is 8.26. The number of aromatic nitrogens is 1. The number of methoxy groups -OCH3 is 2. The second kappa shape index (κ2) is 7.49. The lowest BCUT2D eigenvalue weighted by molar-refractivity contribution is 0.0155. The summed E-state index contributed by atoms with van der Waals surface area (Å²) in [4.78, 5) is 3.91. The van der Waals surface area contributed by atoms with Gasteiger partial charge in [0.15, 0.2) is 0 Å². The van der Waals surface area contributed by atoms with Gasteiger partial charge in [0.1, 0.15) is 5.82 Å². The maximum atomic E-state index is 14.4. The highest BCUT2D eigenvalue weighted by Gasteiger charge is 2.29. The van der Waals surface area contributed by atoms with Crippen LogP contribution in [0.5, 0.6) is 5.88 Å². The van der Waals surface area contributed by atoms with Crippen LogP contribution in [0.25, 0.3) is 11.1 Å². The van der Waals surface area contributed by atoms with Gasteiger partial charge < -0.3 is 9.47 Å². The summed E-state index contributed by atoms with van der Waals surface area (Å²) in [6, 6.07) is 7.36. The lowest BCUT2D eigenvalue weighted by Gasteiger charge is -2.31. The highest BCUT2D eigenvalue weighted by Crippen LogP contribution is 2.41. The van der Waals surface area contributed by atoms with E-state index in [2.05, 4.69) is 25.8 Å². The molecule has 0 aliphatic carbocycles. The molecule has 2 aromatic rings. The molecule has 24 heavy (non-hydrogen) atoms. The third-order valence-corrected chi connectivity index (χ3v) is 4.21. The first kappa shape index (κ1) is 18.7. The quantitative estimate of drug-likeness (QED) is 0.679. The minimum Gasteiger partial charge on any atom is -0.481 e. The highest BCUT2D eigenvalue weighted by molar-refractivity contribution is 6.17. The minimum absolute atomic E-state index is 0.165. The van der Waals surface area contributed by atoms with Crippen molar-refractivity contribution in [2.75, 3.05) is 14.2 Å². The summed E-state index contributed by atoms with van der Waals surface area (Å²) in [5.41, 5.74) is 2.88. The Morgan fingerprint density at radius 3 is 2.42 bits per heavy atom. The van der Waals surface area contributed by atoms with Crippen LogP contribution in [0, 0.1) is 11.2 Å². The van der Waals surface area contributed by atoms with Gasteiger partial charge in [0.2, 0.25) is 5.88 Å². The number of pyridine rings is 1. The first-order chi connectivity index (χ1) is 11.3. The number of hydrogen-bond acceptors (Lipinski definition) is 3. The molecule has 1 aromatic carbocycles. The smallest absolute Gasteiger partial charge is 0.213 e. The minimum atomic E-state index is -0.403. The molecule has 2 rings (SSSR count). The number of ether oxygens (including phenoxy) is 2. The lowest BCUT2D eigenvalue weighted by atomic mass is 9.81. The van der Waals surface area contributed by atoms with Gasteiger partial charge >= 0.3 is 0 Å². The van der Waals surface area contributed by atoms with Crippen molar-refractivity contribution in [1.29, 1.82) is 0 Å². The molecule has 1 atom stereocenters. The van der Waals surface area contributed by atoms with Crippen molar-refractivity contribution in [3.8, 4) is 17.0 Å². The van der Waals surface area contributed by atoms with Crippen LogP contribution in [0.15, 0.2) is 30.5 Å². The fourth-order valence-corrected chi connectivity index (χ4v) is 3.01. The molecule has 0 unspecified atom stereocenters. The topological polar surface area (TPSA) is 31.4 Å². The van der Waals surface area contributed by atoms with E-state index in [1.807, 2.05) is 18.2 Å². The largest absolute Gasteiger partial charge is 0.481 e. The van der Waals surface area contributed by atoms with E-state index < -0.39 is 5.82 Å². The van der Waals surface area contributed by atoms with Gasteiger partial charge in [-0.3, -0.25) is 0 Å². The molecule has 3 nitrogen and oxygen atoms in total. The van der Waals surface area contributed by atoms with Gasteiger partial charge in [-0.2, -0.15) is 0 Å². The predicted molar refractivity (Wildman–Crippen MR) is 94.9 cm³/mol. The van der Waals surface area contributed by atoms with Crippen molar-refractivity contribution in [3.05, 3.63) is 47.4 Å². The molecule has 0 fully saturated rings. The van der Waals surface area contributed by atoms with E-state index in [-0.39, 0.29) is 11.5 Å². The molecule has 5 heteroatoms. The third-order valence-electron chi connectivity index (χ3n) is 3.90. The zero-order valence-electron chi connectivity index (χ0n) is 14.7. The third kappa shape index (κ3) is 3.87. The summed E-state index contributed by atoms with van der Waals surface area (Å²) in [5.74, 6) is 0.346. The second-order valence-electron chi connectivity index (χ2n) is 6.74. The molecule has 0 aliphatic heterocycles. The summed E-state index contributed by atoms with van der Waals surface area (Å²) >= 11 is 5.99. The van der Waals surface area contributed by atoms with E-state index in [0.29, 0.717) is 17.3 Å². The number of alkyl halides is 1. The van der Waals surface area contributed by atoms with E-state index in [9.17, 15) is 4.39 Å². The fourth-order valence-electron chi connectivity index (χ4n) is 2.84. The van der Waals surface area contributed by atoms with Crippen LogP contribution in [0.1, 0.15) is 38.0 Å². The van der Waals surface area contributed by atoms with Gasteiger partial charge in [0.05, 0.1) is 19.4 Å². The van der Waals surface area contributed by atoms with Crippen molar-refractivity contribution in [1.82, 2.24) is 4.98 Å². The lowest BCUT2D eigenvalue weighted by Crippen LogP contribution is -2.21. The summed E-state index contributed by atoms with van der Waals surface area (Å²) in [5, 5.41) is 0. The second-order valence-corrected chi connectivity index (χ2v) is 7.01. The number of halogens is 2. The van der Waals surface area contributed by atoms with E-state index in [0.717, 1.165) is 16.7 Å². The van der Waals surface area contributed by atoms with Crippen LogP contribution < -0.4 is 4.74 Å². The molecule has 0 aliphatic rings. The molecule has 0 radical (unpaired) electrons. The molecule has 0 saturated carbocycles. The van der Waals surface area contributed by atoms with Crippen molar-refractivity contribution in [3.63, 3.8) is 0 Å². The normalized spacial score (nSPS) is 13.0. The van der Waals surface area contributed by atoms with Gasteiger partial charge in [-0.15, -0.1) is 11.6 Å². The monoisotopic (exact) mass is 351 g/mol. The molecule has 0 N–H and O–H groups in total. The Labute approximate surface area is 147 Å². The van der Waals surface area contributed by atoms with Gasteiger partial charge in [-0.1, -0.05) is 39.0 Å². The van der Waals surface area contributed by atoms with Gasteiger partial charge in [-0.25, -0.2) is 9.37 Å². The van der Waals surface area contributed by atoms with Crippen molar-refractivity contribution in [2.45, 2.75) is 32.8 Å². The Hall–Kier alpha value is -1.65. The van der Waals surface area contributed by atoms with E-state index in [1.54, 1.807) is 13.2 Å². The molecule has 130 valence electrons. The van der Waals surface area contributed by atoms with Crippen molar-refractivity contribution >= 4 is 11.6 Å². The Bertz CT molecular complexity index is 713. The van der Waals surface area contributed by atoms with Crippen LogP contribution in [0.4, 0.5) is 4.39 Å². The Morgan fingerprint density at radius 1 is 1.17 bits per heavy atom. The maximum absolute atomic E-state index is 14.4. The predicted octanol–water partition coefficient (Wildman–Crippen LogP) is 5.37. The van der Waals surface area contributed by atoms with E-state index >= 15 is 0 Å². The molecule has 1 aromatic heterocycles. The summed E-state index contributed by atoms with van der Waals surface area (Å²) in [6.07, 6.45) is 0.959. The van der Waals surface area contributed by atoms with Gasteiger partial charge in [-0.05, 0) is 22.1 Å². The molecule has 1 heterocycles. The van der Waals surface area contributed by atoms with E-state index in [4.69, 9.17) is 21.1 Å². The summed E-state index contributed by atoms with van der Waals surface area (Å²) in [7, 11) is 3.17. The number of hydrogen-bond donors (Lipinski definition) is 0. The maximum Gasteiger partial charge on any atom is 0.213 e. The van der Waals surface area contributed by atoms with Crippen molar-refractivity contribution in [2.24, 2.45) is 5.41 Å². The van der Waals surface area contributed by atoms with Crippen LogP contribution in [-0.4, -0.2) is 19.2 Å². The average Bonchev–Trinajstić information content (AvgIpc) is 2.55.